The van der Waals surface area contributed by atoms with Crippen LogP contribution < -0.4 is 4.74 Å². The number of nitrogens with zero attached hydrogens (tertiary/aromatic N) is 2. The van der Waals surface area contributed by atoms with Crippen LogP contribution in [-0.4, -0.2) is 22.9 Å². The van der Waals surface area contributed by atoms with Crippen LogP contribution in [0.1, 0.15) is 15.4 Å². The fraction of sp³-hybridized carbons (Fsp3) is 0.182. The van der Waals surface area contributed by atoms with Gasteiger partial charge in [0.15, 0.2) is 5.78 Å². The molecule has 2 aromatic rings. The van der Waals surface area contributed by atoms with Crippen molar-refractivity contribution in [3.63, 3.8) is 0 Å². The average molecular weight is 392 g/mol. The SMILES string of the molecule is COc1cc(CC(=O)c2cc(Br)c(Br)s2)ncn1. The molecule has 0 saturated heterocycles. The van der Waals surface area contributed by atoms with E-state index in [4.69, 9.17) is 4.74 Å². The van der Waals surface area contributed by atoms with Crippen molar-refractivity contribution in [1.29, 1.82) is 0 Å². The van der Waals surface area contributed by atoms with Crippen molar-refractivity contribution in [3.8, 4) is 5.88 Å². The van der Waals surface area contributed by atoms with E-state index in [1.807, 2.05) is 0 Å². The van der Waals surface area contributed by atoms with Gasteiger partial charge in [-0.05, 0) is 37.9 Å². The molecule has 0 atom stereocenters. The number of methoxy groups -OCH3 is 1. The number of ether oxygens (including phenoxy) is 1. The summed E-state index contributed by atoms with van der Waals surface area (Å²) in [5.74, 6) is 0.480. The van der Waals surface area contributed by atoms with E-state index in [1.165, 1.54) is 24.8 Å². The van der Waals surface area contributed by atoms with Crippen LogP contribution in [0.2, 0.25) is 0 Å². The molecule has 2 rings (SSSR count). The van der Waals surface area contributed by atoms with E-state index in [0.29, 0.717) is 16.5 Å². The smallest absolute Gasteiger partial charge is 0.216 e. The highest BCUT2D eigenvalue weighted by molar-refractivity contribution is 9.13. The predicted molar refractivity (Wildman–Crippen MR) is 76.3 cm³/mol. The van der Waals surface area contributed by atoms with Crippen LogP contribution in [0.15, 0.2) is 26.7 Å². The lowest BCUT2D eigenvalue weighted by Gasteiger charge is -2.01. The molecule has 18 heavy (non-hydrogen) atoms. The van der Waals surface area contributed by atoms with Crippen LogP contribution in [0.25, 0.3) is 0 Å². The fourth-order valence-electron chi connectivity index (χ4n) is 1.32. The maximum Gasteiger partial charge on any atom is 0.216 e. The lowest BCUT2D eigenvalue weighted by molar-refractivity contribution is 0.0995. The first-order chi connectivity index (χ1) is 8.60. The Labute approximate surface area is 125 Å². The first kappa shape index (κ1) is 13.6. The first-order valence-corrected chi connectivity index (χ1v) is 7.33. The van der Waals surface area contributed by atoms with E-state index in [-0.39, 0.29) is 12.2 Å². The Morgan fingerprint density at radius 1 is 1.39 bits per heavy atom. The Kier molecular flexibility index (Phi) is 4.47. The lowest BCUT2D eigenvalue weighted by Crippen LogP contribution is -2.04. The number of aromatic nitrogens is 2. The minimum Gasteiger partial charge on any atom is -0.481 e. The Bertz CT molecular complexity index is 567. The van der Waals surface area contributed by atoms with Gasteiger partial charge in [0.1, 0.15) is 6.33 Å². The van der Waals surface area contributed by atoms with Gasteiger partial charge < -0.3 is 4.74 Å². The topological polar surface area (TPSA) is 52.1 Å². The second-order valence-electron chi connectivity index (χ2n) is 3.38. The number of thiophene rings is 1. The molecule has 0 aromatic carbocycles. The molecule has 0 N–H and O–H groups in total. The van der Waals surface area contributed by atoms with Crippen molar-refractivity contribution in [2.75, 3.05) is 7.11 Å². The van der Waals surface area contributed by atoms with Gasteiger partial charge in [0, 0.05) is 10.5 Å². The van der Waals surface area contributed by atoms with Crippen LogP contribution in [0.4, 0.5) is 0 Å². The molecule has 0 fully saturated rings. The Morgan fingerprint density at radius 2 is 2.17 bits per heavy atom. The molecule has 7 heteroatoms. The third-order valence-corrected chi connectivity index (χ3v) is 5.47. The van der Waals surface area contributed by atoms with Crippen LogP contribution >= 0.6 is 43.2 Å². The number of hydrogen-bond acceptors (Lipinski definition) is 5. The standard InChI is InChI=1S/C11H8Br2N2O2S/c1-17-10-3-6(14-5-15-10)2-8(16)9-4-7(12)11(13)18-9/h3-5H,2H2,1H3. The Morgan fingerprint density at radius 3 is 2.78 bits per heavy atom. The van der Waals surface area contributed by atoms with Crippen molar-refractivity contribution in [1.82, 2.24) is 9.97 Å². The van der Waals surface area contributed by atoms with Crippen molar-refractivity contribution >= 4 is 49.0 Å². The lowest BCUT2D eigenvalue weighted by atomic mass is 10.2. The third kappa shape index (κ3) is 3.15. The summed E-state index contributed by atoms with van der Waals surface area (Å²) in [7, 11) is 1.53. The molecule has 0 aliphatic rings. The van der Waals surface area contributed by atoms with Gasteiger partial charge in [-0.1, -0.05) is 0 Å². The van der Waals surface area contributed by atoms with E-state index in [0.717, 1.165) is 8.26 Å². The third-order valence-electron chi connectivity index (χ3n) is 2.17. The summed E-state index contributed by atoms with van der Waals surface area (Å²) in [6.07, 6.45) is 1.62. The Hall–Kier alpha value is -0.790. The largest absolute Gasteiger partial charge is 0.481 e. The molecule has 0 aliphatic heterocycles. The molecule has 0 saturated carbocycles. The van der Waals surface area contributed by atoms with Crippen molar-refractivity contribution < 1.29 is 9.53 Å². The molecule has 0 radical (unpaired) electrons. The number of hydrogen-bond donors (Lipinski definition) is 0. The highest BCUT2D eigenvalue weighted by atomic mass is 79.9. The molecule has 0 spiro atoms. The number of ketones is 1. The van der Waals surface area contributed by atoms with Gasteiger partial charge in [-0.25, -0.2) is 9.97 Å². The van der Waals surface area contributed by atoms with E-state index in [2.05, 4.69) is 41.8 Å². The van der Waals surface area contributed by atoms with Gasteiger partial charge in [0.05, 0.1) is 27.9 Å². The molecule has 94 valence electrons. The second-order valence-corrected chi connectivity index (χ2v) is 6.61. The summed E-state index contributed by atoms with van der Waals surface area (Å²) in [6.45, 7) is 0. The number of halogens is 2. The molecule has 4 nitrogen and oxygen atoms in total. The zero-order chi connectivity index (χ0) is 13.1. The molecular formula is C11H8Br2N2O2S. The maximum absolute atomic E-state index is 12.0. The predicted octanol–water partition coefficient (Wildman–Crippen LogP) is 3.50. The average Bonchev–Trinajstić information content (AvgIpc) is 2.70. The summed E-state index contributed by atoms with van der Waals surface area (Å²) in [4.78, 5) is 20.7. The van der Waals surface area contributed by atoms with Crippen molar-refractivity contribution in [2.45, 2.75) is 6.42 Å². The minimum absolute atomic E-state index is 0.0205. The van der Waals surface area contributed by atoms with Gasteiger partial charge in [-0.15, -0.1) is 11.3 Å². The number of rotatable bonds is 4. The monoisotopic (exact) mass is 390 g/mol. The molecule has 2 aromatic heterocycles. The van der Waals surface area contributed by atoms with Crippen LogP contribution in [0.5, 0.6) is 5.88 Å². The highest BCUT2D eigenvalue weighted by Gasteiger charge is 2.13. The highest BCUT2D eigenvalue weighted by Crippen LogP contribution is 2.32. The molecule has 2 heterocycles. The number of Topliss-reactive ketones (excluding diaryl/α,β-unsaturated/α-hetero) is 1. The van der Waals surface area contributed by atoms with Crippen LogP contribution in [0.3, 0.4) is 0 Å². The summed E-state index contributed by atoms with van der Waals surface area (Å²) in [5.41, 5.74) is 0.646. The zero-order valence-corrected chi connectivity index (χ0v) is 13.3. The minimum atomic E-state index is 0.0205. The van der Waals surface area contributed by atoms with E-state index >= 15 is 0 Å². The fourth-order valence-corrected chi connectivity index (χ4v) is 3.29. The molecule has 0 unspecified atom stereocenters. The molecule has 0 amide bonds. The van der Waals surface area contributed by atoms with Gasteiger partial charge in [0.2, 0.25) is 5.88 Å². The zero-order valence-electron chi connectivity index (χ0n) is 9.31. The van der Waals surface area contributed by atoms with Gasteiger partial charge in [0.25, 0.3) is 0 Å². The summed E-state index contributed by atoms with van der Waals surface area (Å²) < 4.78 is 6.78. The first-order valence-electron chi connectivity index (χ1n) is 4.93. The van der Waals surface area contributed by atoms with Crippen LogP contribution in [-0.2, 0) is 6.42 Å². The van der Waals surface area contributed by atoms with Gasteiger partial charge in [-0.3, -0.25) is 4.79 Å². The second kappa shape index (κ2) is 5.90. The molecule has 0 bridgehead atoms. The van der Waals surface area contributed by atoms with E-state index < -0.39 is 0 Å². The molecule has 0 aliphatic carbocycles. The summed E-state index contributed by atoms with van der Waals surface area (Å²) in [6, 6.07) is 3.46. The summed E-state index contributed by atoms with van der Waals surface area (Å²) in [5, 5.41) is 0. The van der Waals surface area contributed by atoms with E-state index in [9.17, 15) is 4.79 Å². The van der Waals surface area contributed by atoms with E-state index in [1.54, 1.807) is 12.1 Å². The Balaban J connectivity index is 2.15. The van der Waals surface area contributed by atoms with Crippen molar-refractivity contribution in [3.05, 3.63) is 37.3 Å². The normalized spacial score (nSPS) is 10.4. The number of carbonyl (C=O) groups excluding carboxylic acids is 1. The molecular weight excluding hydrogens is 384 g/mol. The van der Waals surface area contributed by atoms with Gasteiger partial charge >= 0.3 is 0 Å². The summed E-state index contributed by atoms with van der Waals surface area (Å²) >= 11 is 8.12. The van der Waals surface area contributed by atoms with Crippen LogP contribution in [0, 0.1) is 0 Å². The number of carbonyl (C=O) groups is 1. The van der Waals surface area contributed by atoms with Gasteiger partial charge in [-0.2, -0.15) is 0 Å². The van der Waals surface area contributed by atoms with Crippen molar-refractivity contribution in [2.24, 2.45) is 0 Å². The maximum atomic E-state index is 12.0. The quantitative estimate of drug-likeness (QED) is 0.748.